The normalized spacial score (nSPS) is 11.1. The second kappa shape index (κ2) is 6.77. The number of hydrogen-bond acceptors (Lipinski definition) is 2. The number of benzene rings is 2. The minimum Gasteiger partial charge on any atom is -0.339 e. The van der Waals surface area contributed by atoms with Gasteiger partial charge >= 0.3 is 0 Å². The molecule has 0 aliphatic carbocycles. The van der Waals surface area contributed by atoms with E-state index in [1.165, 1.54) is 10.6 Å². The first kappa shape index (κ1) is 16.7. The molecule has 0 spiro atoms. The molecule has 0 atom stereocenters. The lowest BCUT2D eigenvalue weighted by Crippen LogP contribution is -2.44. The Balaban J connectivity index is 2.02. The highest BCUT2D eigenvalue weighted by atomic mass is 16.2. The zero-order valence-corrected chi connectivity index (χ0v) is 14.3. The molecule has 0 radical (unpaired) electrons. The average molecular weight is 332 g/mol. The van der Waals surface area contributed by atoms with Crippen LogP contribution in [0.3, 0.4) is 0 Å². The van der Waals surface area contributed by atoms with Crippen molar-refractivity contribution >= 4 is 5.91 Å². The Kier molecular flexibility index (Phi) is 4.52. The maximum absolute atomic E-state index is 12.8. The van der Waals surface area contributed by atoms with Gasteiger partial charge in [-0.05, 0) is 24.1 Å². The van der Waals surface area contributed by atoms with Crippen molar-refractivity contribution in [1.29, 1.82) is 0 Å². The van der Waals surface area contributed by atoms with Crippen molar-refractivity contribution in [3.05, 3.63) is 106 Å². The van der Waals surface area contributed by atoms with E-state index in [4.69, 9.17) is 0 Å². The van der Waals surface area contributed by atoms with Gasteiger partial charge < -0.3 is 9.88 Å². The lowest BCUT2D eigenvalue weighted by Gasteiger charge is -2.32. The third-order valence-electron chi connectivity index (χ3n) is 4.43. The molecule has 0 unspecified atom stereocenters. The highest BCUT2D eigenvalue weighted by molar-refractivity contribution is 5.94. The zero-order valence-electron chi connectivity index (χ0n) is 14.3. The SMILES string of the molecule is Cn1ccc(C(=O)NC(C)(c2ccccc2)c2ccccc2)cc1=O. The number of amides is 1. The molecular formula is C21H20N2O2. The predicted octanol–water partition coefficient (Wildman–Crippen LogP) is 3.08. The van der Waals surface area contributed by atoms with E-state index in [2.05, 4.69) is 5.32 Å². The summed E-state index contributed by atoms with van der Waals surface area (Å²) in [5.41, 5.74) is 1.37. The van der Waals surface area contributed by atoms with Crippen LogP contribution in [0.15, 0.2) is 83.8 Å². The molecule has 0 saturated heterocycles. The van der Waals surface area contributed by atoms with Crippen molar-refractivity contribution < 1.29 is 4.79 Å². The quantitative estimate of drug-likeness (QED) is 0.798. The fraction of sp³-hybridized carbons (Fsp3) is 0.143. The van der Waals surface area contributed by atoms with Crippen LogP contribution in [0.1, 0.15) is 28.4 Å². The van der Waals surface area contributed by atoms with E-state index >= 15 is 0 Å². The molecule has 1 heterocycles. The molecule has 25 heavy (non-hydrogen) atoms. The maximum atomic E-state index is 12.8. The fourth-order valence-corrected chi connectivity index (χ4v) is 2.84. The summed E-state index contributed by atoms with van der Waals surface area (Å²) in [5.74, 6) is -0.284. The van der Waals surface area contributed by atoms with E-state index < -0.39 is 5.54 Å². The van der Waals surface area contributed by atoms with Crippen molar-refractivity contribution in [1.82, 2.24) is 9.88 Å². The van der Waals surface area contributed by atoms with Crippen LogP contribution in [0.2, 0.25) is 0 Å². The molecular weight excluding hydrogens is 312 g/mol. The van der Waals surface area contributed by atoms with Crippen LogP contribution in [-0.4, -0.2) is 10.5 Å². The standard InChI is InChI=1S/C21H20N2O2/c1-21(17-9-5-3-6-10-17,18-11-7-4-8-12-18)22-20(25)16-13-14-23(2)19(24)15-16/h3-15H,1-2H3,(H,22,25). The molecule has 0 fully saturated rings. The minimum atomic E-state index is -0.708. The van der Waals surface area contributed by atoms with E-state index in [9.17, 15) is 9.59 Å². The fourth-order valence-electron chi connectivity index (χ4n) is 2.84. The topological polar surface area (TPSA) is 51.1 Å². The van der Waals surface area contributed by atoms with E-state index in [1.807, 2.05) is 67.6 Å². The Morgan fingerprint density at radius 1 is 0.920 bits per heavy atom. The smallest absolute Gasteiger partial charge is 0.252 e. The van der Waals surface area contributed by atoms with E-state index in [0.29, 0.717) is 5.56 Å². The summed E-state index contributed by atoms with van der Waals surface area (Å²) >= 11 is 0. The van der Waals surface area contributed by atoms with Crippen LogP contribution in [0.25, 0.3) is 0 Å². The lowest BCUT2D eigenvalue weighted by molar-refractivity contribution is 0.0918. The van der Waals surface area contributed by atoms with Gasteiger partial charge in [0.15, 0.2) is 0 Å². The monoisotopic (exact) mass is 332 g/mol. The van der Waals surface area contributed by atoms with Crippen molar-refractivity contribution in [2.24, 2.45) is 7.05 Å². The first-order chi connectivity index (χ1) is 12.0. The summed E-state index contributed by atoms with van der Waals surface area (Å²) in [4.78, 5) is 24.6. The number of pyridine rings is 1. The molecule has 0 aliphatic rings. The largest absolute Gasteiger partial charge is 0.339 e. The lowest BCUT2D eigenvalue weighted by atomic mass is 9.84. The highest BCUT2D eigenvalue weighted by Gasteiger charge is 2.31. The van der Waals surface area contributed by atoms with E-state index in [-0.39, 0.29) is 11.5 Å². The van der Waals surface area contributed by atoms with Crippen LogP contribution >= 0.6 is 0 Å². The van der Waals surface area contributed by atoms with Gasteiger partial charge in [0.05, 0.1) is 5.54 Å². The second-order valence-corrected chi connectivity index (χ2v) is 6.18. The highest BCUT2D eigenvalue weighted by Crippen LogP contribution is 2.29. The summed E-state index contributed by atoms with van der Waals surface area (Å²) in [5, 5.41) is 3.10. The van der Waals surface area contributed by atoms with Gasteiger partial charge in [-0.25, -0.2) is 0 Å². The van der Waals surface area contributed by atoms with Gasteiger partial charge in [0.25, 0.3) is 11.5 Å². The van der Waals surface area contributed by atoms with Gasteiger partial charge in [-0.1, -0.05) is 60.7 Å². The first-order valence-electron chi connectivity index (χ1n) is 8.11. The Morgan fingerprint density at radius 3 is 1.92 bits per heavy atom. The molecule has 3 rings (SSSR count). The maximum Gasteiger partial charge on any atom is 0.252 e. The number of hydrogen-bond donors (Lipinski definition) is 1. The number of aromatic nitrogens is 1. The minimum absolute atomic E-state index is 0.214. The molecule has 1 N–H and O–H groups in total. The third-order valence-corrected chi connectivity index (χ3v) is 4.43. The van der Waals surface area contributed by atoms with Gasteiger partial charge in [0.1, 0.15) is 0 Å². The van der Waals surface area contributed by atoms with Gasteiger partial charge in [-0.3, -0.25) is 9.59 Å². The molecule has 0 saturated carbocycles. The number of nitrogens with one attached hydrogen (secondary N) is 1. The van der Waals surface area contributed by atoms with Crippen LogP contribution in [0, 0.1) is 0 Å². The van der Waals surface area contributed by atoms with Gasteiger partial charge in [0.2, 0.25) is 0 Å². The molecule has 0 aliphatic heterocycles. The number of carbonyl (C=O) groups excluding carboxylic acids is 1. The van der Waals surface area contributed by atoms with Crippen molar-refractivity contribution in [3.63, 3.8) is 0 Å². The molecule has 126 valence electrons. The van der Waals surface area contributed by atoms with Crippen LogP contribution in [-0.2, 0) is 12.6 Å². The summed E-state index contributed by atoms with van der Waals surface area (Å²) in [7, 11) is 1.65. The number of aryl methyl sites for hydroxylation is 1. The number of carbonyl (C=O) groups is 1. The van der Waals surface area contributed by atoms with Crippen LogP contribution in [0.5, 0.6) is 0 Å². The van der Waals surface area contributed by atoms with Crippen molar-refractivity contribution in [2.75, 3.05) is 0 Å². The molecule has 2 aromatic carbocycles. The van der Waals surface area contributed by atoms with Crippen molar-refractivity contribution in [3.8, 4) is 0 Å². The molecule has 0 bridgehead atoms. The van der Waals surface area contributed by atoms with Gasteiger partial charge in [-0.15, -0.1) is 0 Å². The summed E-state index contributed by atoms with van der Waals surface area (Å²) in [6.07, 6.45) is 1.60. The molecule has 4 heteroatoms. The van der Waals surface area contributed by atoms with E-state index in [1.54, 1.807) is 19.3 Å². The second-order valence-electron chi connectivity index (χ2n) is 6.18. The summed E-state index contributed by atoms with van der Waals surface area (Å²) < 4.78 is 1.43. The molecule has 4 nitrogen and oxygen atoms in total. The number of nitrogens with zero attached hydrogens (tertiary/aromatic N) is 1. The van der Waals surface area contributed by atoms with Crippen LogP contribution < -0.4 is 10.9 Å². The predicted molar refractivity (Wildman–Crippen MR) is 98.5 cm³/mol. The number of rotatable bonds is 4. The molecule has 1 aromatic heterocycles. The first-order valence-corrected chi connectivity index (χ1v) is 8.11. The van der Waals surface area contributed by atoms with Gasteiger partial charge in [0, 0.05) is 24.9 Å². The van der Waals surface area contributed by atoms with E-state index in [0.717, 1.165) is 11.1 Å². The van der Waals surface area contributed by atoms with Crippen LogP contribution in [0.4, 0.5) is 0 Å². The zero-order chi connectivity index (χ0) is 17.9. The van der Waals surface area contributed by atoms with Crippen molar-refractivity contribution in [2.45, 2.75) is 12.5 Å². The Bertz CT molecular complexity index is 891. The molecule has 1 amide bonds. The Hall–Kier alpha value is -3.14. The third kappa shape index (κ3) is 3.38. The van der Waals surface area contributed by atoms with Gasteiger partial charge in [-0.2, -0.15) is 0 Å². The average Bonchev–Trinajstić information content (AvgIpc) is 2.65. The summed E-state index contributed by atoms with van der Waals surface area (Å²) in [6, 6.07) is 22.6. The molecule has 3 aromatic rings. The Morgan fingerprint density at radius 2 is 1.44 bits per heavy atom. The summed E-state index contributed by atoms with van der Waals surface area (Å²) in [6.45, 7) is 1.97. The Labute approximate surface area is 146 Å².